The van der Waals surface area contributed by atoms with E-state index in [9.17, 15) is 8.42 Å². The van der Waals surface area contributed by atoms with E-state index in [1.54, 1.807) is 18.2 Å². The lowest BCUT2D eigenvalue weighted by molar-refractivity contribution is 0.105. The Morgan fingerprint density at radius 2 is 2.24 bits per heavy atom. The molecule has 1 unspecified atom stereocenters. The van der Waals surface area contributed by atoms with Gasteiger partial charge >= 0.3 is 0 Å². The largest absolute Gasteiger partial charge is 0.378 e. The first-order chi connectivity index (χ1) is 10.1. The van der Waals surface area contributed by atoms with E-state index in [0.717, 1.165) is 38.0 Å². The van der Waals surface area contributed by atoms with E-state index in [-0.39, 0.29) is 6.10 Å². The second kappa shape index (κ2) is 7.89. The summed E-state index contributed by atoms with van der Waals surface area (Å²) in [7, 11) is -3.43. The van der Waals surface area contributed by atoms with Gasteiger partial charge in [0.15, 0.2) is 0 Å². The van der Waals surface area contributed by atoms with Crippen LogP contribution in [0, 0.1) is 0 Å². The van der Waals surface area contributed by atoms with E-state index < -0.39 is 10.0 Å². The molecule has 1 aliphatic heterocycles. The minimum absolute atomic E-state index is 0.202. The van der Waals surface area contributed by atoms with Crippen molar-refractivity contribution in [3.8, 4) is 0 Å². The van der Waals surface area contributed by atoms with Crippen molar-refractivity contribution in [2.45, 2.75) is 43.7 Å². The molecule has 21 heavy (non-hydrogen) atoms. The highest BCUT2D eigenvalue weighted by Gasteiger charge is 2.18. The lowest BCUT2D eigenvalue weighted by atomic mass is 10.2. The van der Waals surface area contributed by atoms with Gasteiger partial charge in [0.25, 0.3) is 0 Å². The van der Waals surface area contributed by atoms with Gasteiger partial charge in [-0.25, -0.2) is 13.1 Å². The number of sulfonamides is 1. The summed E-state index contributed by atoms with van der Waals surface area (Å²) in [5.74, 6) is 0. The standard InChI is InChI=1S/C15H24N2O3S/c1-2-16-12-13-5-3-7-15(11-13)21(18,19)17-9-8-14-6-4-10-20-14/h3,5,7,11,14,16-17H,2,4,6,8-10,12H2,1H3. The van der Waals surface area contributed by atoms with Crippen LogP contribution in [0.5, 0.6) is 0 Å². The van der Waals surface area contributed by atoms with Gasteiger partial charge in [-0.3, -0.25) is 0 Å². The van der Waals surface area contributed by atoms with Gasteiger partial charge in [-0.05, 0) is 43.5 Å². The van der Waals surface area contributed by atoms with E-state index in [4.69, 9.17) is 4.74 Å². The van der Waals surface area contributed by atoms with Crippen molar-refractivity contribution in [1.29, 1.82) is 0 Å². The van der Waals surface area contributed by atoms with E-state index in [2.05, 4.69) is 10.0 Å². The summed E-state index contributed by atoms with van der Waals surface area (Å²) in [6.07, 6.45) is 3.04. The summed E-state index contributed by atoms with van der Waals surface area (Å²) in [6, 6.07) is 7.05. The fourth-order valence-corrected chi connectivity index (χ4v) is 3.52. The first-order valence-corrected chi connectivity index (χ1v) is 9.01. The molecule has 0 bridgehead atoms. The van der Waals surface area contributed by atoms with E-state index in [1.807, 2.05) is 13.0 Å². The van der Waals surface area contributed by atoms with Crippen molar-refractivity contribution < 1.29 is 13.2 Å². The second-order valence-corrected chi connectivity index (χ2v) is 7.02. The number of nitrogens with one attached hydrogen (secondary N) is 2. The minimum Gasteiger partial charge on any atom is -0.378 e. The maximum Gasteiger partial charge on any atom is 0.240 e. The minimum atomic E-state index is -3.43. The highest BCUT2D eigenvalue weighted by molar-refractivity contribution is 7.89. The third-order valence-corrected chi connectivity index (χ3v) is 5.03. The molecule has 0 spiro atoms. The van der Waals surface area contributed by atoms with Gasteiger partial charge < -0.3 is 10.1 Å². The molecule has 1 aliphatic rings. The Labute approximate surface area is 127 Å². The molecule has 1 aromatic carbocycles. The molecule has 118 valence electrons. The fourth-order valence-electron chi connectivity index (χ4n) is 2.40. The summed E-state index contributed by atoms with van der Waals surface area (Å²) in [5.41, 5.74) is 0.971. The van der Waals surface area contributed by atoms with Crippen molar-refractivity contribution in [1.82, 2.24) is 10.0 Å². The molecule has 1 aromatic rings. The molecule has 2 rings (SSSR count). The smallest absolute Gasteiger partial charge is 0.240 e. The van der Waals surface area contributed by atoms with Crippen molar-refractivity contribution in [2.24, 2.45) is 0 Å². The molecule has 1 atom stereocenters. The van der Waals surface area contributed by atoms with Crippen LogP contribution in [0.15, 0.2) is 29.2 Å². The van der Waals surface area contributed by atoms with Gasteiger partial charge in [-0.1, -0.05) is 19.1 Å². The number of hydrogen-bond acceptors (Lipinski definition) is 4. The van der Waals surface area contributed by atoms with E-state index in [0.29, 0.717) is 18.0 Å². The quantitative estimate of drug-likeness (QED) is 0.766. The van der Waals surface area contributed by atoms with Crippen LogP contribution in [0.3, 0.4) is 0 Å². The molecule has 1 heterocycles. The lowest BCUT2D eigenvalue weighted by Crippen LogP contribution is -2.27. The summed E-state index contributed by atoms with van der Waals surface area (Å²) in [6.45, 7) is 4.77. The monoisotopic (exact) mass is 312 g/mol. The molecule has 6 heteroatoms. The van der Waals surface area contributed by atoms with Gasteiger partial charge in [0.05, 0.1) is 11.0 Å². The van der Waals surface area contributed by atoms with Crippen molar-refractivity contribution in [2.75, 3.05) is 19.7 Å². The number of hydrogen-bond donors (Lipinski definition) is 2. The van der Waals surface area contributed by atoms with Crippen LogP contribution < -0.4 is 10.0 Å². The van der Waals surface area contributed by atoms with Gasteiger partial charge in [0.1, 0.15) is 0 Å². The number of benzene rings is 1. The SMILES string of the molecule is CCNCc1cccc(S(=O)(=O)NCCC2CCCO2)c1. The summed E-state index contributed by atoms with van der Waals surface area (Å²) in [5, 5.41) is 3.19. The van der Waals surface area contributed by atoms with Crippen LogP contribution in [0.1, 0.15) is 31.7 Å². The first-order valence-electron chi connectivity index (χ1n) is 7.53. The molecule has 2 N–H and O–H groups in total. The zero-order chi connectivity index (χ0) is 15.1. The molecule has 0 amide bonds. The molecular formula is C15H24N2O3S. The third-order valence-electron chi connectivity index (χ3n) is 3.57. The van der Waals surface area contributed by atoms with Crippen LogP contribution in [0.4, 0.5) is 0 Å². The zero-order valence-electron chi connectivity index (χ0n) is 12.5. The first kappa shape index (κ1) is 16.4. The molecule has 5 nitrogen and oxygen atoms in total. The Balaban J connectivity index is 1.91. The topological polar surface area (TPSA) is 67.4 Å². The number of ether oxygens (including phenoxy) is 1. The highest BCUT2D eigenvalue weighted by Crippen LogP contribution is 2.15. The zero-order valence-corrected chi connectivity index (χ0v) is 13.3. The molecule has 0 saturated carbocycles. The Morgan fingerprint density at radius 3 is 2.95 bits per heavy atom. The Kier molecular flexibility index (Phi) is 6.17. The van der Waals surface area contributed by atoms with Gasteiger partial charge in [0, 0.05) is 19.7 Å². The van der Waals surface area contributed by atoms with Crippen LogP contribution in [0.25, 0.3) is 0 Å². The molecule has 0 radical (unpaired) electrons. The highest BCUT2D eigenvalue weighted by atomic mass is 32.2. The van der Waals surface area contributed by atoms with Crippen molar-refractivity contribution in [3.05, 3.63) is 29.8 Å². The normalized spacial score (nSPS) is 19.0. The average Bonchev–Trinajstić information content (AvgIpc) is 2.98. The maximum absolute atomic E-state index is 12.3. The molecule has 0 aliphatic carbocycles. The molecule has 1 saturated heterocycles. The molecular weight excluding hydrogens is 288 g/mol. The summed E-state index contributed by atoms with van der Waals surface area (Å²) in [4.78, 5) is 0.324. The number of rotatable bonds is 8. The van der Waals surface area contributed by atoms with Gasteiger partial charge in [-0.15, -0.1) is 0 Å². The van der Waals surface area contributed by atoms with Crippen LogP contribution in [0.2, 0.25) is 0 Å². The van der Waals surface area contributed by atoms with Gasteiger partial charge in [-0.2, -0.15) is 0 Å². The Bertz CT molecular complexity index is 540. The third kappa shape index (κ3) is 5.07. The van der Waals surface area contributed by atoms with Crippen LogP contribution >= 0.6 is 0 Å². The summed E-state index contributed by atoms with van der Waals surface area (Å²) >= 11 is 0. The van der Waals surface area contributed by atoms with Crippen LogP contribution in [-0.2, 0) is 21.3 Å². The lowest BCUT2D eigenvalue weighted by Gasteiger charge is -2.11. The van der Waals surface area contributed by atoms with E-state index >= 15 is 0 Å². The molecule has 1 fully saturated rings. The van der Waals surface area contributed by atoms with Crippen molar-refractivity contribution in [3.63, 3.8) is 0 Å². The fraction of sp³-hybridized carbons (Fsp3) is 0.600. The Morgan fingerprint density at radius 1 is 1.38 bits per heavy atom. The molecule has 0 aromatic heterocycles. The van der Waals surface area contributed by atoms with Crippen LogP contribution in [-0.4, -0.2) is 34.2 Å². The maximum atomic E-state index is 12.3. The Hall–Kier alpha value is -0.950. The van der Waals surface area contributed by atoms with Gasteiger partial charge in [0.2, 0.25) is 10.0 Å². The predicted octanol–water partition coefficient (Wildman–Crippen LogP) is 1.64. The predicted molar refractivity (Wildman–Crippen MR) is 82.6 cm³/mol. The van der Waals surface area contributed by atoms with Crippen molar-refractivity contribution >= 4 is 10.0 Å². The average molecular weight is 312 g/mol. The van der Waals surface area contributed by atoms with E-state index in [1.165, 1.54) is 0 Å². The summed E-state index contributed by atoms with van der Waals surface area (Å²) < 4.78 is 32.7. The second-order valence-electron chi connectivity index (χ2n) is 5.25.